The summed E-state index contributed by atoms with van der Waals surface area (Å²) in [4.78, 5) is 55.6. The minimum atomic E-state index is -0.832. The van der Waals surface area contributed by atoms with Gasteiger partial charge in [-0.2, -0.15) is 0 Å². The van der Waals surface area contributed by atoms with Gasteiger partial charge in [-0.3, -0.25) is 34.6 Å². The smallest absolute Gasteiger partial charge is 0.304 e. The molecule has 16 heteroatoms. The van der Waals surface area contributed by atoms with Gasteiger partial charge < -0.3 is 19.5 Å². The Morgan fingerprint density at radius 3 is 2.02 bits per heavy atom. The van der Waals surface area contributed by atoms with E-state index in [4.69, 9.17) is 14.2 Å². The highest BCUT2D eigenvalue weighted by atomic mass is 79.9. The molecule has 214 valence electrons. The fraction of sp³-hybridized carbons (Fsp3) is 0.375. The van der Waals surface area contributed by atoms with E-state index in [0.29, 0.717) is 24.2 Å². The number of carbonyl (C=O) groups excluding carboxylic acids is 3. The summed E-state index contributed by atoms with van der Waals surface area (Å²) >= 11 is 3.07. The van der Waals surface area contributed by atoms with Crippen molar-refractivity contribution < 1.29 is 38.4 Å². The summed E-state index contributed by atoms with van der Waals surface area (Å²) in [6.07, 6.45) is 0.666. The number of benzene rings is 2. The molecule has 0 unspecified atom stereocenters. The molecule has 0 atom stereocenters. The number of esters is 2. The SMILES string of the molecule is COc1cc(N=Nc2c(Br)cc([N+](=O)[O-])cc2[N+](=O)[O-])c(NC(C)=O)cc1C(CCOC(C)=O)CCOC(C)=O. The number of non-ortho nitro benzene ring substituents is 1. The first-order chi connectivity index (χ1) is 18.8. The number of amides is 1. The van der Waals surface area contributed by atoms with Gasteiger partial charge in [0.1, 0.15) is 11.4 Å². The van der Waals surface area contributed by atoms with E-state index in [1.165, 1.54) is 33.9 Å². The Labute approximate surface area is 236 Å². The molecule has 0 aliphatic heterocycles. The number of carbonyl (C=O) groups is 3. The van der Waals surface area contributed by atoms with Gasteiger partial charge in [0.2, 0.25) is 5.91 Å². The van der Waals surface area contributed by atoms with Gasteiger partial charge in [-0.1, -0.05) is 0 Å². The third-order valence-corrected chi connectivity index (χ3v) is 5.94. The number of nitrogens with one attached hydrogen (secondary N) is 1. The van der Waals surface area contributed by atoms with Crippen molar-refractivity contribution in [3.63, 3.8) is 0 Å². The first kappa shape index (κ1) is 31.7. The molecule has 0 heterocycles. The maximum Gasteiger partial charge on any atom is 0.304 e. The lowest BCUT2D eigenvalue weighted by Crippen LogP contribution is -2.13. The van der Waals surface area contributed by atoms with E-state index in [9.17, 15) is 34.6 Å². The Morgan fingerprint density at radius 2 is 1.55 bits per heavy atom. The number of rotatable bonds is 13. The van der Waals surface area contributed by atoms with E-state index in [-0.39, 0.29) is 40.7 Å². The molecule has 0 aliphatic rings. The predicted octanol–water partition coefficient (Wildman–Crippen LogP) is 5.64. The number of hydrogen-bond donors (Lipinski definition) is 1. The van der Waals surface area contributed by atoms with Gasteiger partial charge in [0, 0.05) is 32.9 Å². The molecule has 2 rings (SSSR count). The van der Waals surface area contributed by atoms with E-state index in [1.807, 2.05) is 0 Å². The quantitative estimate of drug-likeness (QED) is 0.126. The second-order valence-corrected chi connectivity index (χ2v) is 9.11. The van der Waals surface area contributed by atoms with Crippen LogP contribution < -0.4 is 10.1 Å². The molecule has 1 amide bonds. The standard InChI is InChI=1S/C24H26BrN5O10/c1-13(31)26-20-11-18(16(5-7-39-14(2)32)6-8-40-15(3)33)23(38-4)12-21(20)27-28-24-19(25)9-17(29(34)35)10-22(24)30(36)37/h9-12,16H,5-8H2,1-4H3,(H,26,31). The van der Waals surface area contributed by atoms with E-state index < -0.39 is 39.1 Å². The summed E-state index contributed by atoms with van der Waals surface area (Å²) in [5, 5.41) is 33.3. The average Bonchev–Trinajstić information content (AvgIpc) is 2.86. The second-order valence-electron chi connectivity index (χ2n) is 8.26. The van der Waals surface area contributed by atoms with Crippen molar-refractivity contribution >= 4 is 62.2 Å². The molecular weight excluding hydrogens is 598 g/mol. The van der Waals surface area contributed by atoms with Crippen molar-refractivity contribution in [3.8, 4) is 5.75 Å². The summed E-state index contributed by atoms with van der Waals surface area (Å²) in [5.41, 5.74) is -0.645. The summed E-state index contributed by atoms with van der Waals surface area (Å²) in [6, 6.07) is 4.82. The van der Waals surface area contributed by atoms with Crippen LogP contribution in [0, 0.1) is 20.2 Å². The molecule has 0 fully saturated rings. The van der Waals surface area contributed by atoms with Crippen LogP contribution in [0.2, 0.25) is 0 Å². The Balaban J connectivity index is 2.61. The predicted molar refractivity (Wildman–Crippen MR) is 144 cm³/mol. The fourth-order valence-electron chi connectivity index (χ4n) is 3.62. The van der Waals surface area contributed by atoms with Crippen LogP contribution in [0.4, 0.5) is 28.4 Å². The van der Waals surface area contributed by atoms with E-state index >= 15 is 0 Å². The van der Waals surface area contributed by atoms with Gasteiger partial charge in [-0.15, -0.1) is 10.2 Å². The fourth-order valence-corrected chi connectivity index (χ4v) is 4.13. The molecule has 40 heavy (non-hydrogen) atoms. The van der Waals surface area contributed by atoms with Crippen molar-refractivity contribution in [2.45, 2.75) is 39.5 Å². The normalized spacial score (nSPS) is 10.8. The van der Waals surface area contributed by atoms with Gasteiger partial charge in [0.15, 0.2) is 5.69 Å². The average molecular weight is 624 g/mol. The monoisotopic (exact) mass is 623 g/mol. The third-order valence-electron chi connectivity index (χ3n) is 5.34. The lowest BCUT2D eigenvalue weighted by molar-refractivity contribution is -0.393. The van der Waals surface area contributed by atoms with E-state index in [0.717, 1.165) is 12.1 Å². The molecule has 0 aromatic heterocycles. The molecule has 15 nitrogen and oxygen atoms in total. The summed E-state index contributed by atoms with van der Waals surface area (Å²) in [7, 11) is 1.39. The highest BCUT2D eigenvalue weighted by Gasteiger charge is 2.25. The third kappa shape index (κ3) is 9.07. The number of nitrogens with zero attached hydrogens (tertiary/aromatic N) is 4. The number of halogens is 1. The molecule has 0 bridgehead atoms. The van der Waals surface area contributed by atoms with Crippen LogP contribution in [-0.4, -0.2) is 48.0 Å². The number of methoxy groups -OCH3 is 1. The molecule has 0 aliphatic carbocycles. The van der Waals surface area contributed by atoms with Gasteiger partial charge in [0.05, 0.1) is 46.4 Å². The first-order valence-electron chi connectivity index (χ1n) is 11.6. The Morgan fingerprint density at radius 1 is 0.950 bits per heavy atom. The minimum Gasteiger partial charge on any atom is -0.496 e. The van der Waals surface area contributed by atoms with Crippen LogP contribution in [0.1, 0.15) is 45.1 Å². The van der Waals surface area contributed by atoms with Crippen molar-refractivity contribution in [2.75, 3.05) is 25.6 Å². The van der Waals surface area contributed by atoms with Crippen molar-refractivity contribution in [1.29, 1.82) is 0 Å². The maximum atomic E-state index is 12.0. The molecular formula is C24H26BrN5O10. The molecule has 0 radical (unpaired) electrons. The summed E-state index contributed by atoms with van der Waals surface area (Å²) < 4.78 is 15.6. The zero-order chi connectivity index (χ0) is 30.0. The molecule has 0 saturated heterocycles. The van der Waals surface area contributed by atoms with Gasteiger partial charge in [0.25, 0.3) is 5.69 Å². The molecule has 0 spiro atoms. The van der Waals surface area contributed by atoms with Crippen molar-refractivity contribution in [1.82, 2.24) is 0 Å². The number of nitro benzene ring substituents is 2. The van der Waals surface area contributed by atoms with Gasteiger partial charge in [-0.25, -0.2) is 0 Å². The van der Waals surface area contributed by atoms with Crippen LogP contribution in [0.5, 0.6) is 5.75 Å². The van der Waals surface area contributed by atoms with Crippen molar-refractivity contribution in [3.05, 3.63) is 54.5 Å². The van der Waals surface area contributed by atoms with Gasteiger partial charge >= 0.3 is 17.6 Å². The van der Waals surface area contributed by atoms with Crippen molar-refractivity contribution in [2.24, 2.45) is 10.2 Å². The van der Waals surface area contributed by atoms with Crippen LogP contribution in [0.3, 0.4) is 0 Å². The molecule has 0 saturated carbocycles. The van der Waals surface area contributed by atoms with Gasteiger partial charge in [-0.05, 0) is 46.3 Å². The minimum absolute atomic E-state index is 0.0437. The van der Waals surface area contributed by atoms with Crippen LogP contribution in [-0.2, 0) is 23.9 Å². The second kappa shape index (κ2) is 14.6. The maximum absolute atomic E-state index is 12.0. The number of azo groups is 1. The largest absolute Gasteiger partial charge is 0.496 e. The van der Waals surface area contributed by atoms with Crippen LogP contribution in [0.15, 0.2) is 39.0 Å². The van der Waals surface area contributed by atoms with E-state index in [1.54, 1.807) is 6.07 Å². The summed E-state index contributed by atoms with van der Waals surface area (Å²) in [6.45, 7) is 3.95. The number of anilines is 1. The molecule has 2 aromatic carbocycles. The zero-order valence-corrected chi connectivity index (χ0v) is 23.6. The molecule has 1 N–H and O–H groups in total. The lowest BCUT2D eigenvalue weighted by atomic mass is 9.91. The highest BCUT2D eigenvalue weighted by Crippen LogP contribution is 2.43. The molecule has 2 aromatic rings. The van der Waals surface area contributed by atoms with Crippen LogP contribution in [0.25, 0.3) is 0 Å². The number of hydrogen-bond acceptors (Lipinski definition) is 12. The first-order valence-corrected chi connectivity index (χ1v) is 12.4. The topological polar surface area (TPSA) is 202 Å². The lowest BCUT2D eigenvalue weighted by Gasteiger charge is -2.21. The zero-order valence-electron chi connectivity index (χ0n) is 22.0. The van der Waals surface area contributed by atoms with Crippen LogP contribution >= 0.6 is 15.9 Å². The van der Waals surface area contributed by atoms with E-state index in [2.05, 4.69) is 31.5 Å². The number of nitro groups is 2. The Hall–Kier alpha value is -4.47. The Bertz CT molecular complexity index is 1330. The Kier molecular flexibility index (Phi) is 11.6. The summed E-state index contributed by atoms with van der Waals surface area (Å²) in [5.74, 6) is -1.43. The number of ether oxygens (including phenoxy) is 3. The highest BCUT2D eigenvalue weighted by molar-refractivity contribution is 9.10.